The molecule has 0 atom stereocenters. The number of nitro groups is 1. The van der Waals surface area contributed by atoms with E-state index in [1.54, 1.807) is 0 Å². The van der Waals surface area contributed by atoms with E-state index >= 15 is 0 Å². The van der Waals surface area contributed by atoms with Gasteiger partial charge >= 0.3 is 0 Å². The molecule has 6 aromatic rings. The summed E-state index contributed by atoms with van der Waals surface area (Å²) in [5.74, 6) is 0.111. The highest BCUT2D eigenvalue weighted by atomic mass is 32.2. The average molecular weight is 783 g/mol. The van der Waals surface area contributed by atoms with Gasteiger partial charge in [0.1, 0.15) is 12.0 Å². The smallest absolute Gasteiger partial charge is 0.293 e. The highest BCUT2D eigenvalue weighted by molar-refractivity contribution is 7.92. The van der Waals surface area contributed by atoms with Crippen LogP contribution in [-0.4, -0.2) is 85.5 Å². The van der Waals surface area contributed by atoms with E-state index in [2.05, 4.69) is 90.1 Å². The topological polar surface area (TPSA) is 128 Å². The van der Waals surface area contributed by atoms with Crippen molar-refractivity contribution in [3.05, 3.63) is 149 Å². The highest BCUT2D eigenvalue weighted by Crippen LogP contribution is 2.35. The van der Waals surface area contributed by atoms with E-state index < -0.39 is 14.9 Å². The maximum absolute atomic E-state index is 13.7. The summed E-state index contributed by atoms with van der Waals surface area (Å²) in [5, 5.41) is 12.9. The standard InChI is InChI=1S/C44H46N8O4S/c1-48(36-20-22-49(23-21-36)30-33-10-4-2-5-11-33)42-19-17-38(29-43(42)52(53)54)57(55,56)47-44-40-18-16-37(28-41(40)45-32-46-44)51-26-24-50(25-27-51)31-35-14-8-9-15-39(35)34-12-6-3-7-13-34/h2-19,28-29,32,36H,20-27,30-31H2,1H3,(H,45,46,47). The molecule has 1 aromatic heterocycles. The first kappa shape index (κ1) is 38.0. The highest BCUT2D eigenvalue weighted by Gasteiger charge is 2.29. The number of benzene rings is 5. The van der Waals surface area contributed by atoms with Gasteiger partial charge in [-0.3, -0.25) is 24.6 Å². The number of likely N-dealkylation sites (tertiary alicyclic amines) is 1. The monoisotopic (exact) mass is 782 g/mol. The molecule has 0 spiro atoms. The summed E-state index contributed by atoms with van der Waals surface area (Å²) in [7, 11) is -2.39. The largest absolute Gasteiger partial charge is 0.369 e. The maximum atomic E-state index is 13.7. The average Bonchev–Trinajstić information content (AvgIpc) is 3.24. The molecule has 0 saturated carbocycles. The van der Waals surface area contributed by atoms with E-state index in [1.807, 2.05) is 54.4 Å². The number of sulfonamides is 1. The van der Waals surface area contributed by atoms with Crippen LogP contribution in [0.15, 0.2) is 133 Å². The van der Waals surface area contributed by atoms with Gasteiger partial charge in [0.25, 0.3) is 15.7 Å². The van der Waals surface area contributed by atoms with Crippen LogP contribution in [0.3, 0.4) is 0 Å². The van der Waals surface area contributed by atoms with Gasteiger partial charge in [0.15, 0.2) is 5.82 Å². The Kier molecular flexibility index (Phi) is 11.1. The third-order valence-electron chi connectivity index (χ3n) is 11.3. The third kappa shape index (κ3) is 8.60. The SMILES string of the molecule is CN(c1ccc(S(=O)(=O)Nc2ncnc3cc(N4CCN(Cc5ccccc5-c5ccccc5)CC4)ccc23)cc1[N+](=O)[O-])C1CCN(Cc2ccccc2)CC1. The van der Waals surface area contributed by atoms with Crippen LogP contribution in [0.1, 0.15) is 24.0 Å². The van der Waals surface area contributed by atoms with Crippen LogP contribution < -0.4 is 14.5 Å². The molecule has 5 aromatic carbocycles. The Morgan fingerprint density at radius 2 is 1.46 bits per heavy atom. The van der Waals surface area contributed by atoms with Crippen LogP contribution in [0.5, 0.6) is 0 Å². The number of hydrogen-bond donors (Lipinski definition) is 1. The molecular weight excluding hydrogens is 737 g/mol. The molecule has 8 rings (SSSR count). The zero-order valence-electron chi connectivity index (χ0n) is 31.9. The van der Waals surface area contributed by atoms with Gasteiger partial charge in [-0.05, 0) is 65.4 Å². The van der Waals surface area contributed by atoms with E-state index in [1.165, 1.54) is 40.7 Å². The minimum absolute atomic E-state index is 0.0832. The summed E-state index contributed by atoms with van der Waals surface area (Å²) in [6.45, 7) is 6.92. The molecule has 57 heavy (non-hydrogen) atoms. The second kappa shape index (κ2) is 16.7. The Morgan fingerprint density at radius 1 is 0.772 bits per heavy atom. The first-order valence-electron chi connectivity index (χ1n) is 19.4. The minimum atomic E-state index is -4.23. The fourth-order valence-corrected chi connectivity index (χ4v) is 9.14. The van der Waals surface area contributed by atoms with Crippen LogP contribution in [0, 0.1) is 10.1 Å². The first-order chi connectivity index (χ1) is 27.7. The number of nitrogens with one attached hydrogen (secondary N) is 1. The van der Waals surface area contributed by atoms with Crippen LogP contribution in [-0.2, 0) is 23.1 Å². The summed E-state index contributed by atoms with van der Waals surface area (Å²) < 4.78 is 30.1. The van der Waals surface area contributed by atoms with Crippen molar-refractivity contribution in [2.45, 2.75) is 36.9 Å². The van der Waals surface area contributed by atoms with Crippen LogP contribution in [0.2, 0.25) is 0 Å². The van der Waals surface area contributed by atoms with Crippen molar-refractivity contribution in [2.24, 2.45) is 0 Å². The molecule has 0 radical (unpaired) electrons. The lowest BCUT2D eigenvalue weighted by atomic mass is 9.99. The number of aromatic nitrogens is 2. The predicted molar refractivity (Wildman–Crippen MR) is 226 cm³/mol. The van der Waals surface area contributed by atoms with Crippen molar-refractivity contribution in [2.75, 3.05) is 60.8 Å². The first-order valence-corrected chi connectivity index (χ1v) is 20.9. The lowest BCUT2D eigenvalue weighted by Crippen LogP contribution is -2.46. The lowest BCUT2D eigenvalue weighted by Gasteiger charge is -2.37. The number of piperidine rings is 1. The molecule has 0 aliphatic carbocycles. The van der Waals surface area contributed by atoms with Crippen LogP contribution in [0.4, 0.5) is 22.9 Å². The van der Waals surface area contributed by atoms with Gasteiger partial charge < -0.3 is 9.80 Å². The molecule has 3 heterocycles. The Balaban J connectivity index is 0.921. The van der Waals surface area contributed by atoms with E-state index in [-0.39, 0.29) is 22.4 Å². The van der Waals surface area contributed by atoms with Crippen molar-refractivity contribution in [1.82, 2.24) is 19.8 Å². The van der Waals surface area contributed by atoms with Crippen LogP contribution in [0.25, 0.3) is 22.0 Å². The summed E-state index contributed by atoms with van der Waals surface area (Å²) in [6.07, 6.45) is 3.01. The Labute approximate surface area is 333 Å². The normalized spacial score (nSPS) is 15.8. The quantitative estimate of drug-likeness (QED) is 0.0989. The lowest BCUT2D eigenvalue weighted by molar-refractivity contribution is -0.384. The number of hydrogen-bond acceptors (Lipinski definition) is 10. The fourth-order valence-electron chi connectivity index (χ4n) is 8.09. The number of fused-ring (bicyclic) bond motifs is 1. The van der Waals surface area contributed by atoms with Crippen molar-refractivity contribution in [3.63, 3.8) is 0 Å². The van der Waals surface area contributed by atoms with Crippen LogP contribution >= 0.6 is 0 Å². The molecular formula is C44H46N8O4S. The molecule has 12 nitrogen and oxygen atoms in total. The molecule has 2 aliphatic rings. The van der Waals surface area contributed by atoms with Gasteiger partial charge in [-0.25, -0.2) is 18.4 Å². The molecule has 2 saturated heterocycles. The Morgan fingerprint density at radius 3 is 2.19 bits per heavy atom. The number of rotatable bonds is 12. The maximum Gasteiger partial charge on any atom is 0.293 e. The molecule has 2 aliphatic heterocycles. The van der Waals surface area contributed by atoms with Gasteiger partial charge in [0, 0.05) is 82.6 Å². The zero-order chi connectivity index (χ0) is 39.4. The Bertz CT molecular complexity index is 2450. The number of nitrogens with zero attached hydrogens (tertiary/aromatic N) is 7. The van der Waals surface area contributed by atoms with E-state index in [0.717, 1.165) is 77.0 Å². The minimum Gasteiger partial charge on any atom is -0.369 e. The van der Waals surface area contributed by atoms with Gasteiger partial charge in [-0.1, -0.05) is 84.9 Å². The second-order valence-corrected chi connectivity index (χ2v) is 16.5. The van der Waals surface area contributed by atoms with Crippen molar-refractivity contribution >= 4 is 43.8 Å². The number of nitro benzene ring substituents is 1. The van der Waals surface area contributed by atoms with Gasteiger partial charge in [-0.15, -0.1) is 0 Å². The molecule has 2 fully saturated rings. The van der Waals surface area contributed by atoms with Crippen molar-refractivity contribution in [3.8, 4) is 11.1 Å². The summed E-state index contributed by atoms with van der Waals surface area (Å²) >= 11 is 0. The van der Waals surface area contributed by atoms with Gasteiger partial charge in [0.05, 0.1) is 15.3 Å². The fraction of sp³-hybridized carbons (Fsp3) is 0.273. The molecule has 1 N–H and O–H groups in total. The molecule has 292 valence electrons. The summed E-state index contributed by atoms with van der Waals surface area (Å²) in [6, 6.07) is 39.3. The van der Waals surface area contributed by atoms with E-state index in [4.69, 9.17) is 0 Å². The predicted octanol–water partition coefficient (Wildman–Crippen LogP) is 7.43. The summed E-state index contributed by atoms with van der Waals surface area (Å²) in [5.41, 5.74) is 6.75. The second-order valence-electron chi connectivity index (χ2n) is 14.8. The molecule has 0 unspecified atom stereocenters. The number of piperazine rings is 1. The van der Waals surface area contributed by atoms with Crippen molar-refractivity contribution in [1.29, 1.82) is 0 Å². The van der Waals surface area contributed by atoms with E-state index in [0.29, 0.717) is 16.6 Å². The molecule has 0 amide bonds. The third-order valence-corrected chi connectivity index (χ3v) is 12.6. The molecule has 13 heteroatoms. The number of anilines is 3. The van der Waals surface area contributed by atoms with Crippen molar-refractivity contribution < 1.29 is 13.3 Å². The Hall–Kier alpha value is -5.89. The van der Waals surface area contributed by atoms with E-state index in [9.17, 15) is 18.5 Å². The molecule has 0 bridgehead atoms. The van der Waals surface area contributed by atoms with Gasteiger partial charge in [0.2, 0.25) is 0 Å². The summed E-state index contributed by atoms with van der Waals surface area (Å²) in [4.78, 5) is 29.4. The van der Waals surface area contributed by atoms with Gasteiger partial charge in [-0.2, -0.15) is 0 Å². The zero-order valence-corrected chi connectivity index (χ0v) is 32.8.